The number of nitrogens with zero attached hydrogens (tertiary/aromatic N) is 1. The van der Waals surface area contributed by atoms with Gasteiger partial charge in [-0.3, -0.25) is 0 Å². The molecule has 0 bridgehead atoms. The van der Waals surface area contributed by atoms with Gasteiger partial charge in [0.25, 0.3) is 0 Å². The van der Waals surface area contributed by atoms with E-state index in [0.29, 0.717) is 12.6 Å². The van der Waals surface area contributed by atoms with Crippen molar-refractivity contribution in [2.24, 2.45) is 0 Å². The standard InChI is InChI=1S/C15H26N2O/c1-5-16-15(12-17(4)6-2)13-8-10-14(11-9-13)18-7-3/h8-11,15-16H,5-7,12H2,1-4H3. The average Bonchev–Trinajstić information content (AvgIpc) is 2.39. The number of ether oxygens (including phenoxy) is 1. The molecule has 0 amide bonds. The summed E-state index contributed by atoms with van der Waals surface area (Å²) in [7, 11) is 2.15. The Kier molecular flexibility index (Phi) is 6.76. The second-order valence-electron chi connectivity index (χ2n) is 4.47. The van der Waals surface area contributed by atoms with E-state index in [1.165, 1.54) is 5.56 Å². The van der Waals surface area contributed by atoms with Crippen LogP contribution in [0, 0.1) is 0 Å². The molecule has 0 aliphatic heterocycles. The third-order valence-corrected chi connectivity index (χ3v) is 3.08. The first-order valence-corrected chi connectivity index (χ1v) is 6.85. The van der Waals surface area contributed by atoms with Gasteiger partial charge in [-0.15, -0.1) is 0 Å². The van der Waals surface area contributed by atoms with E-state index in [2.05, 4.69) is 55.4 Å². The Morgan fingerprint density at radius 2 is 1.83 bits per heavy atom. The highest BCUT2D eigenvalue weighted by molar-refractivity contribution is 5.29. The summed E-state index contributed by atoms with van der Waals surface area (Å²) in [6.45, 7) is 10.1. The van der Waals surface area contributed by atoms with E-state index in [1.807, 2.05) is 6.92 Å². The summed E-state index contributed by atoms with van der Waals surface area (Å²) in [5, 5.41) is 3.53. The molecule has 0 aliphatic rings. The average molecular weight is 250 g/mol. The summed E-state index contributed by atoms with van der Waals surface area (Å²) in [5.41, 5.74) is 1.32. The van der Waals surface area contributed by atoms with Gasteiger partial charge in [0.05, 0.1) is 6.61 Å². The highest BCUT2D eigenvalue weighted by Gasteiger charge is 2.12. The number of likely N-dealkylation sites (N-methyl/N-ethyl adjacent to an activating group) is 2. The molecule has 0 radical (unpaired) electrons. The first-order chi connectivity index (χ1) is 8.71. The van der Waals surface area contributed by atoms with Crippen LogP contribution in [0.25, 0.3) is 0 Å². The first-order valence-electron chi connectivity index (χ1n) is 6.85. The lowest BCUT2D eigenvalue weighted by Crippen LogP contribution is -2.32. The highest BCUT2D eigenvalue weighted by Crippen LogP contribution is 2.18. The smallest absolute Gasteiger partial charge is 0.119 e. The number of nitrogens with one attached hydrogen (secondary N) is 1. The molecule has 0 aliphatic carbocycles. The SMILES string of the molecule is CCNC(CN(C)CC)c1ccc(OCC)cc1. The van der Waals surface area contributed by atoms with Crippen LogP contribution in [0.5, 0.6) is 5.75 Å². The minimum absolute atomic E-state index is 0.385. The zero-order valence-corrected chi connectivity index (χ0v) is 12.1. The summed E-state index contributed by atoms with van der Waals surface area (Å²) < 4.78 is 5.47. The second kappa shape index (κ2) is 8.11. The number of hydrogen-bond donors (Lipinski definition) is 1. The van der Waals surface area contributed by atoms with Crippen molar-refractivity contribution in [3.63, 3.8) is 0 Å². The molecule has 0 saturated heterocycles. The summed E-state index contributed by atoms with van der Waals surface area (Å²) in [4.78, 5) is 2.32. The molecule has 3 heteroatoms. The van der Waals surface area contributed by atoms with Crippen molar-refractivity contribution < 1.29 is 4.74 Å². The van der Waals surface area contributed by atoms with Crippen LogP contribution in [0.1, 0.15) is 32.4 Å². The van der Waals surface area contributed by atoms with Crippen LogP contribution in [0.2, 0.25) is 0 Å². The predicted octanol–water partition coefficient (Wildman–Crippen LogP) is 2.69. The summed E-state index contributed by atoms with van der Waals surface area (Å²) in [5.74, 6) is 0.945. The Hall–Kier alpha value is -1.06. The molecule has 0 saturated carbocycles. The molecule has 0 aromatic heterocycles. The van der Waals surface area contributed by atoms with Gasteiger partial charge in [0.15, 0.2) is 0 Å². The van der Waals surface area contributed by atoms with E-state index in [-0.39, 0.29) is 0 Å². The van der Waals surface area contributed by atoms with Gasteiger partial charge >= 0.3 is 0 Å². The van der Waals surface area contributed by atoms with Crippen molar-refractivity contribution in [3.8, 4) is 5.75 Å². The van der Waals surface area contributed by atoms with E-state index in [1.54, 1.807) is 0 Å². The van der Waals surface area contributed by atoms with Gasteiger partial charge < -0.3 is 15.0 Å². The zero-order chi connectivity index (χ0) is 13.4. The molecule has 1 rings (SSSR count). The van der Waals surface area contributed by atoms with E-state index in [9.17, 15) is 0 Å². The van der Waals surface area contributed by atoms with Crippen molar-refractivity contribution >= 4 is 0 Å². The highest BCUT2D eigenvalue weighted by atomic mass is 16.5. The molecule has 1 unspecified atom stereocenters. The topological polar surface area (TPSA) is 24.5 Å². The molecule has 102 valence electrons. The first kappa shape index (κ1) is 15.0. The Morgan fingerprint density at radius 1 is 1.17 bits per heavy atom. The largest absolute Gasteiger partial charge is 0.494 e. The number of benzene rings is 1. The predicted molar refractivity (Wildman–Crippen MR) is 77.2 cm³/mol. The van der Waals surface area contributed by atoms with Crippen LogP contribution in [0.15, 0.2) is 24.3 Å². The van der Waals surface area contributed by atoms with Crippen LogP contribution < -0.4 is 10.1 Å². The fraction of sp³-hybridized carbons (Fsp3) is 0.600. The van der Waals surface area contributed by atoms with Crippen LogP contribution in [0.4, 0.5) is 0 Å². The van der Waals surface area contributed by atoms with Crippen molar-refractivity contribution in [3.05, 3.63) is 29.8 Å². The van der Waals surface area contributed by atoms with Gasteiger partial charge in [-0.25, -0.2) is 0 Å². The van der Waals surface area contributed by atoms with E-state index in [0.717, 1.165) is 25.4 Å². The third-order valence-electron chi connectivity index (χ3n) is 3.08. The van der Waals surface area contributed by atoms with Crippen molar-refractivity contribution in [2.75, 3.05) is 33.3 Å². The lowest BCUT2D eigenvalue weighted by atomic mass is 10.1. The van der Waals surface area contributed by atoms with Crippen LogP contribution >= 0.6 is 0 Å². The maximum atomic E-state index is 5.47. The fourth-order valence-corrected chi connectivity index (χ4v) is 1.94. The molecule has 0 spiro atoms. The molecule has 0 heterocycles. The maximum Gasteiger partial charge on any atom is 0.119 e. The van der Waals surface area contributed by atoms with Gasteiger partial charge in [-0.1, -0.05) is 26.0 Å². The molecule has 1 N–H and O–H groups in total. The lowest BCUT2D eigenvalue weighted by molar-refractivity contribution is 0.305. The molecular weight excluding hydrogens is 224 g/mol. The maximum absolute atomic E-state index is 5.47. The van der Waals surface area contributed by atoms with Gasteiger partial charge in [0.2, 0.25) is 0 Å². The summed E-state index contributed by atoms with van der Waals surface area (Å²) >= 11 is 0. The molecule has 0 fully saturated rings. The Balaban J connectivity index is 2.71. The van der Waals surface area contributed by atoms with Crippen molar-refractivity contribution in [2.45, 2.75) is 26.8 Å². The van der Waals surface area contributed by atoms with E-state index >= 15 is 0 Å². The fourth-order valence-electron chi connectivity index (χ4n) is 1.94. The number of hydrogen-bond acceptors (Lipinski definition) is 3. The third kappa shape index (κ3) is 4.67. The van der Waals surface area contributed by atoms with Crippen LogP contribution in [0.3, 0.4) is 0 Å². The van der Waals surface area contributed by atoms with Crippen molar-refractivity contribution in [1.29, 1.82) is 0 Å². The minimum Gasteiger partial charge on any atom is -0.494 e. The normalized spacial score (nSPS) is 12.7. The molecule has 1 aromatic carbocycles. The minimum atomic E-state index is 0.385. The summed E-state index contributed by atoms with van der Waals surface area (Å²) in [6.07, 6.45) is 0. The van der Waals surface area contributed by atoms with Crippen molar-refractivity contribution in [1.82, 2.24) is 10.2 Å². The van der Waals surface area contributed by atoms with Gasteiger partial charge in [-0.05, 0) is 44.8 Å². The molecular formula is C15H26N2O. The quantitative estimate of drug-likeness (QED) is 0.767. The second-order valence-corrected chi connectivity index (χ2v) is 4.47. The Bertz CT molecular complexity index is 324. The lowest BCUT2D eigenvalue weighted by Gasteiger charge is -2.24. The molecule has 1 aromatic rings. The van der Waals surface area contributed by atoms with Crippen LogP contribution in [-0.4, -0.2) is 38.2 Å². The molecule has 18 heavy (non-hydrogen) atoms. The Labute approximate surface area is 111 Å². The van der Waals surface area contributed by atoms with Gasteiger partial charge in [-0.2, -0.15) is 0 Å². The van der Waals surface area contributed by atoms with Gasteiger partial charge in [0, 0.05) is 12.6 Å². The van der Waals surface area contributed by atoms with E-state index < -0.39 is 0 Å². The zero-order valence-electron chi connectivity index (χ0n) is 12.1. The van der Waals surface area contributed by atoms with E-state index in [4.69, 9.17) is 4.74 Å². The monoisotopic (exact) mass is 250 g/mol. The van der Waals surface area contributed by atoms with Crippen LogP contribution in [-0.2, 0) is 0 Å². The Morgan fingerprint density at radius 3 is 2.33 bits per heavy atom. The van der Waals surface area contributed by atoms with Gasteiger partial charge in [0.1, 0.15) is 5.75 Å². The molecule has 3 nitrogen and oxygen atoms in total. The number of rotatable bonds is 8. The summed E-state index contributed by atoms with van der Waals surface area (Å²) in [6, 6.07) is 8.80. The molecule has 1 atom stereocenters.